The molecule has 5 nitrogen and oxygen atoms in total. The molecule has 21 heavy (non-hydrogen) atoms. The van der Waals surface area contributed by atoms with Gasteiger partial charge >= 0.3 is 5.63 Å². The molecule has 1 fully saturated rings. The maximum atomic E-state index is 12.5. The highest BCUT2D eigenvalue weighted by Gasteiger charge is 2.22. The molecule has 0 saturated carbocycles. The Morgan fingerprint density at radius 3 is 2.71 bits per heavy atom. The lowest BCUT2D eigenvalue weighted by Crippen LogP contribution is -2.37. The number of benzene rings is 1. The van der Waals surface area contributed by atoms with Crippen molar-refractivity contribution in [1.82, 2.24) is 4.90 Å². The molecule has 2 heterocycles. The Bertz CT molecular complexity index is 729. The van der Waals surface area contributed by atoms with Crippen LogP contribution < -0.4 is 10.4 Å². The predicted molar refractivity (Wildman–Crippen MR) is 78.8 cm³/mol. The number of fused-ring (bicyclic) bond motifs is 1. The van der Waals surface area contributed by atoms with E-state index in [4.69, 9.17) is 9.15 Å². The molecule has 0 unspecified atom stereocenters. The van der Waals surface area contributed by atoms with Crippen molar-refractivity contribution >= 4 is 16.9 Å². The number of methoxy groups -OCH3 is 1. The number of piperidine rings is 1. The number of para-hydroxylation sites is 1. The van der Waals surface area contributed by atoms with Crippen molar-refractivity contribution < 1.29 is 13.9 Å². The molecule has 1 aliphatic heterocycles. The third-order valence-corrected chi connectivity index (χ3v) is 3.82. The van der Waals surface area contributed by atoms with Crippen molar-refractivity contribution in [3.8, 4) is 5.75 Å². The molecule has 1 amide bonds. The Morgan fingerprint density at radius 1 is 1.24 bits per heavy atom. The lowest BCUT2D eigenvalue weighted by molar-refractivity contribution is 0.0720. The van der Waals surface area contributed by atoms with Crippen LogP contribution in [0.3, 0.4) is 0 Å². The number of amides is 1. The third kappa shape index (κ3) is 2.51. The van der Waals surface area contributed by atoms with Gasteiger partial charge in [0.05, 0.1) is 7.11 Å². The van der Waals surface area contributed by atoms with Gasteiger partial charge in [-0.15, -0.1) is 0 Å². The molecule has 1 saturated heterocycles. The molecule has 0 aliphatic carbocycles. The zero-order valence-electron chi connectivity index (χ0n) is 11.9. The molecular formula is C16H17NO4. The van der Waals surface area contributed by atoms with Crippen LogP contribution in [-0.2, 0) is 0 Å². The molecule has 0 bridgehead atoms. The van der Waals surface area contributed by atoms with E-state index in [1.807, 2.05) is 0 Å². The molecule has 0 spiro atoms. The van der Waals surface area contributed by atoms with Gasteiger partial charge in [0.2, 0.25) is 0 Å². The highest BCUT2D eigenvalue weighted by Crippen LogP contribution is 2.25. The SMILES string of the molecule is COc1cccc2cc(C(=O)N3CCCCC3)c(=O)oc12. The van der Waals surface area contributed by atoms with Crippen molar-refractivity contribution in [1.29, 1.82) is 0 Å². The first kappa shape index (κ1) is 13.7. The number of ether oxygens (including phenoxy) is 1. The summed E-state index contributed by atoms with van der Waals surface area (Å²) in [7, 11) is 1.52. The smallest absolute Gasteiger partial charge is 0.349 e. The van der Waals surface area contributed by atoms with Crippen molar-refractivity contribution in [2.45, 2.75) is 19.3 Å². The zero-order valence-corrected chi connectivity index (χ0v) is 11.9. The van der Waals surface area contributed by atoms with Crippen LogP contribution in [0.4, 0.5) is 0 Å². The van der Waals surface area contributed by atoms with E-state index in [-0.39, 0.29) is 11.5 Å². The van der Waals surface area contributed by atoms with E-state index in [0.29, 0.717) is 29.8 Å². The lowest BCUT2D eigenvalue weighted by Gasteiger charge is -2.26. The number of likely N-dealkylation sites (tertiary alicyclic amines) is 1. The van der Waals surface area contributed by atoms with E-state index >= 15 is 0 Å². The first-order valence-corrected chi connectivity index (χ1v) is 7.11. The van der Waals surface area contributed by atoms with Gasteiger partial charge in [0.1, 0.15) is 5.56 Å². The average molecular weight is 287 g/mol. The molecule has 0 radical (unpaired) electrons. The van der Waals surface area contributed by atoms with Crippen molar-refractivity contribution in [3.63, 3.8) is 0 Å². The number of rotatable bonds is 2. The summed E-state index contributed by atoms with van der Waals surface area (Å²) < 4.78 is 10.5. The Morgan fingerprint density at radius 2 is 2.00 bits per heavy atom. The van der Waals surface area contributed by atoms with Gasteiger partial charge in [-0.3, -0.25) is 4.79 Å². The van der Waals surface area contributed by atoms with E-state index in [0.717, 1.165) is 19.3 Å². The molecule has 110 valence electrons. The Kier molecular flexibility index (Phi) is 3.64. The van der Waals surface area contributed by atoms with Gasteiger partial charge in [0, 0.05) is 18.5 Å². The minimum Gasteiger partial charge on any atom is -0.493 e. The van der Waals surface area contributed by atoms with Crippen LogP contribution in [0, 0.1) is 0 Å². The summed E-state index contributed by atoms with van der Waals surface area (Å²) in [6, 6.07) is 6.92. The topological polar surface area (TPSA) is 59.8 Å². The summed E-state index contributed by atoms with van der Waals surface area (Å²) in [6.07, 6.45) is 3.10. The molecule has 5 heteroatoms. The standard InChI is InChI=1S/C16H17NO4/c1-20-13-7-5-6-11-10-12(16(19)21-14(11)13)15(18)17-8-3-2-4-9-17/h5-7,10H,2-4,8-9H2,1H3. The Balaban J connectivity index is 2.05. The van der Waals surface area contributed by atoms with Crippen molar-refractivity contribution in [2.75, 3.05) is 20.2 Å². The van der Waals surface area contributed by atoms with E-state index in [2.05, 4.69) is 0 Å². The fraction of sp³-hybridized carbons (Fsp3) is 0.375. The minimum atomic E-state index is -0.609. The van der Waals surface area contributed by atoms with Gasteiger partial charge in [-0.25, -0.2) is 4.79 Å². The maximum Gasteiger partial charge on any atom is 0.349 e. The van der Waals surface area contributed by atoms with Crippen LogP contribution in [0.2, 0.25) is 0 Å². The lowest BCUT2D eigenvalue weighted by atomic mass is 10.1. The van der Waals surface area contributed by atoms with E-state index < -0.39 is 5.63 Å². The summed E-state index contributed by atoms with van der Waals surface area (Å²) in [6.45, 7) is 1.41. The highest BCUT2D eigenvalue weighted by molar-refractivity contribution is 5.97. The summed E-state index contributed by atoms with van der Waals surface area (Å²) in [5.41, 5.74) is -0.138. The Labute approximate surface area is 122 Å². The summed E-state index contributed by atoms with van der Waals surface area (Å²) in [5.74, 6) is 0.245. The summed E-state index contributed by atoms with van der Waals surface area (Å²) in [5, 5.41) is 0.689. The predicted octanol–water partition coefficient (Wildman–Crippen LogP) is 2.43. The van der Waals surface area contributed by atoms with E-state index in [1.165, 1.54) is 7.11 Å². The quantitative estimate of drug-likeness (QED) is 0.796. The molecular weight excluding hydrogens is 270 g/mol. The minimum absolute atomic E-state index is 0.0950. The molecule has 1 aromatic carbocycles. The molecule has 2 aromatic rings. The first-order chi connectivity index (χ1) is 10.2. The average Bonchev–Trinajstić information content (AvgIpc) is 2.54. The van der Waals surface area contributed by atoms with Gasteiger partial charge in [-0.1, -0.05) is 12.1 Å². The highest BCUT2D eigenvalue weighted by atomic mass is 16.5. The van der Waals surface area contributed by atoms with Crippen LogP contribution in [0.15, 0.2) is 33.5 Å². The number of carbonyl (C=O) groups excluding carboxylic acids is 1. The van der Waals surface area contributed by atoms with Gasteiger partial charge in [0.15, 0.2) is 11.3 Å². The molecule has 1 aromatic heterocycles. The maximum absolute atomic E-state index is 12.5. The molecule has 0 N–H and O–H groups in total. The first-order valence-electron chi connectivity index (χ1n) is 7.11. The second-order valence-electron chi connectivity index (χ2n) is 5.18. The fourth-order valence-corrected chi connectivity index (χ4v) is 2.69. The van der Waals surface area contributed by atoms with Crippen molar-refractivity contribution in [2.24, 2.45) is 0 Å². The van der Waals surface area contributed by atoms with Crippen molar-refractivity contribution in [3.05, 3.63) is 40.2 Å². The number of carbonyl (C=O) groups is 1. The van der Waals surface area contributed by atoms with Gasteiger partial charge < -0.3 is 14.1 Å². The normalized spacial score (nSPS) is 15.2. The third-order valence-electron chi connectivity index (χ3n) is 3.82. The molecule has 0 atom stereocenters. The van der Waals surface area contributed by atoms with Crippen LogP contribution in [-0.4, -0.2) is 31.0 Å². The summed E-state index contributed by atoms with van der Waals surface area (Å²) >= 11 is 0. The largest absolute Gasteiger partial charge is 0.493 e. The molecule has 3 rings (SSSR count). The number of hydrogen-bond donors (Lipinski definition) is 0. The summed E-state index contributed by atoms with van der Waals surface area (Å²) in [4.78, 5) is 26.3. The second-order valence-corrected chi connectivity index (χ2v) is 5.18. The van der Waals surface area contributed by atoms with Crippen LogP contribution >= 0.6 is 0 Å². The van der Waals surface area contributed by atoms with E-state index in [9.17, 15) is 9.59 Å². The van der Waals surface area contributed by atoms with Gasteiger partial charge in [-0.05, 0) is 31.4 Å². The van der Waals surface area contributed by atoms with Crippen LogP contribution in [0.5, 0.6) is 5.75 Å². The number of hydrogen-bond acceptors (Lipinski definition) is 4. The monoisotopic (exact) mass is 287 g/mol. The second kappa shape index (κ2) is 5.60. The van der Waals surface area contributed by atoms with E-state index in [1.54, 1.807) is 29.2 Å². The van der Waals surface area contributed by atoms with Crippen LogP contribution in [0.25, 0.3) is 11.0 Å². The van der Waals surface area contributed by atoms with Gasteiger partial charge in [0.25, 0.3) is 5.91 Å². The molecule has 1 aliphatic rings. The zero-order chi connectivity index (χ0) is 14.8. The fourth-order valence-electron chi connectivity index (χ4n) is 2.69. The van der Waals surface area contributed by atoms with Crippen LogP contribution in [0.1, 0.15) is 29.6 Å². The number of nitrogens with zero attached hydrogens (tertiary/aromatic N) is 1. The Hall–Kier alpha value is -2.30. The van der Waals surface area contributed by atoms with Gasteiger partial charge in [-0.2, -0.15) is 0 Å².